The molecule has 2 fully saturated rings. The van der Waals surface area contributed by atoms with Crippen molar-refractivity contribution >= 4 is 0 Å². The SMILES string of the molecule is CC(CN)CN1CCCC2CCCCC21. The molecule has 88 valence electrons. The molecule has 0 amide bonds. The monoisotopic (exact) mass is 210 g/mol. The Morgan fingerprint density at radius 1 is 1.20 bits per heavy atom. The second kappa shape index (κ2) is 5.31. The molecule has 2 aliphatic rings. The summed E-state index contributed by atoms with van der Waals surface area (Å²) in [7, 11) is 0. The molecule has 0 radical (unpaired) electrons. The van der Waals surface area contributed by atoms with Gasteiger partial charge in [0.15, 0.2) is 0 Å². The van der Waals surface area contributed by atoms with Gasteiger partial charge in [0.25, 0.3) is 0 Å². The molecule has 0 bridgehead atoms. The summed E-state index contributed by atoms with van der Waals surface area (Å²) in [5.41, 5.74) is 5.73. The maximum Gasteiger partial charge on any atom is 0.0124 e. The van der Waals surface area contributed by atoms with Crippen molar-refractivity contribution in [1.29, 1.82) is 0 Å². The first-order valence-corrected chi connectivity index (χ1v) is 6.75. The van der Waals surface area contributed by atoms with Crippen LogP contribution < -0.4 is 5.73 Å². The average molecular weight is 210 g/mol. The minimum Gasteiger partial charge on any atom is -0.330 e. The Kier molecular flexibility index (Phi) is 4.04. The van der Waals surface area contributed by atoms with E-state index < -0.39 is 0 Å². The molecule has 1 heterocycles. The zero-order valence-electron chi connectivity index (χ0n) is 10.1. The second-order valence-electron chi connectivity index (χ2n) is 5.59. The zero-order valence-corrected chi connectivity index (χ0v) is 10.1. The standard InChI is InChI=1S/C13H26N2/c1-11(9-14)10-15-8-4-6-12-5-2-3-7-13(12)15/h11-13H,2-10,14H2,1H3. The third-order valence-corrected chi connectivity index (χ3v) is 4.31. The smallest absolute Gasteiger partial charge is 0.0124 e. The molecule has 0 aromatic rings. The fourth-order valence-corrected chi connectivity index (χ4v) is 3.43. The Morgan fingerprint density at radius 2 is 1.93 bits per heavy atom. The third-order valence-electron chi connectivity index (χ3n) is 4.31. The van der Waals surface area contributed by atoms with Gasteiger partial charge in [-0.2, -0.15) is 0 Å². The summed E-state index contributed by atoms with van der Waals surface area (Å²) in [5.74, 6) is 1.68. The molecule has 1 aliphatic carbocycles. The molecule has 0 aromatic heterocycles. The highest BCUT2D eigenvalue weighted by Gasteiger charge is 2.33. The third kappa shape index (κ3) is 2.73. The van der Waals surface area contributed by atoms with Crippen LogP contribution in [0.3, 0.4) is 0 Å². The maximum absolute atomic E-state index is 5.73. The quantitative estimate of drug-likeness (QED) is 0.774. The molecular formula is C13H26N2. The lowest BCUT2D eigenvalue weighted by Gasteiger charge is -2.45. The maximum atomic E-state index is 5.73. The molecule has 3 unspecified atom stereocenters. The first kappa shape index (κ1) is 11.4. The highest BCUT2D eigenvalue weighted by atomic mass is 15.2. The van der Waals surface area contributed by atoms with Gasteiger partial charge in [0.05, 0.1) is 0 Å². The minimum absolute atomic E-state index is 0.672. The van der Waals surface area contributed by atoms with E-state index in [2.05, 4.69) is 11.8 Å². The van der Waals surface area contributed by atoms with Crippen LogP contribution in [0.1, 0.15) is 45.4 Å². The summed E-state index contributed by atoms with van der Waals surface area (Å²) in [4.78, 5) is 2.74. The van der Waals surface area contributed by atoms with Crippen molar-refractivity contribution in [3.8, 4) is 0 Å². The fraction of sp³-hybridized carbons (Fsp3) is 1.00. The lowest BCUT2D eigenvalue weighted by atomic mass is 9.78. The van der Waals surface area contributed by atoms with Gasteiger partial charge < -0.3 is 5.73 Å². The van der Waals surface area contributed by atoms with Gasteiger partial charge in [-0.25, -0.2) is 0 Å². The van der Waals surface area contributed by atoms with Crippen molar-refractivity contribution in [2.24, 2.45) is 17.6 Å². The Morgan fingerprint density at radius 3 is 2.73 bits per heavy atom. The molecule has 2 N–H and O–H groups in total. The molecule has 2 nitrogen and oxygen atoms in total. The fourth-order valence-electron chi connectivity index (χ4n) is 3.43. The largest absolute Gasteiger partial charge is 0.330 e. The predicted octanol–water partition coefficient (Wildman–Crippen LogP) is 2.24. The van der Waals surface area contributed by atoms with Gasteiger partial charge in [0, 0.05) is 12.6 Å². The van der Waals surface area contributed by atoms with E-state index in [4.69, 9.17) is 5.73 Å². The van der Waals surface area contributed by atoms with Crippen molar-refractivity contribution in [2.45, 2.75) is 51.5 Å². The summed E-state index contributed by atoms with van der Waals surface area (Å²) < 4.78 is 0. The van der Waals surface area contributed by atoms with E-state index in [1.807, 2.05) is 0 Å². The molecular weight excluding hydrogens is 184 g/mol. The molecule has 0 aromatic carbocycles. The average Bonchev–Trinajstić information content (AvgIpc) is 2.29. The number of hydrogen-bond acceptors (Lipinski definition) is 2. The Labute approximate surface area is 94.2 Å². The van der Waals surface area contributed by atoms with Crippen molar-refractivity contribution in [1.82, 2.24) is 4.90 Å². The van der Waals surface area contributed by atoms with Crippen LogP contribution in [0.4, 0.5) is 0 Å². The normalized spacial score (nSPS) is 34.8. The van der Waals surface area contributed by atoms with Crippen molar-refractivity contribution in [2.75, 3.05) is 19.6 Å². The van der Waals surface area contributed by atoms with Crippen LogP contribution in [0.15, 0.2) is 0 Å². The van der Waals surface area contributed by atoms with E-state index in [0.29, 0.717) is 5.92 Å². The summed E-state index contributed by atoms with van der Waals surface area (Å²) in [6, 6.07) is 0.904. The van der Waals surface area contributed by atoms with Crippen molar-refractivity contribution in [3.63, 3.8) is 0 Å². The highest BCUT2D eigenvalue weighted by molar-refractivity contribution is 4.87. The van der Waals surface area contributed by atoms with Crippen LogP contribution in [0.5, 0.6) is 0 Å². The van der Waals surface area contributed by atoms with Crippen LogP contribution in [-0.4, -0.2) is 30.6 Å². The molecule has 2 rings (SSSR count). The number of piperidine rings is 1. The van der Waals surface area contributed by atoms with Gasteiger partial charge in [0.2, 0.25) is 0 Å². The van der Waals surface area contributed by atoms with E-state index in [-0.39, 0.29) is 0 Å². The van der Waals surface area contributed by atoms with Crippen molar-refractivity contribution in [3.05, 3.63) is 0 Å². The molecule has 15 heavy (non-hydrogen) atoms. The summed E-state index contributed by atoms with van der Waals surface area (Å²) in [6.07, 6.45) is 8.76. The van der Waals surface area contributed by atoms with Gasteiger partial charge in [-0.05, 0) is 50.6 Å². The van der Waals surface area contributed by atoms with E-state index in [1.165, 1.54) is 51.6 Å². The van der Waals surface area contributed by atoms with Crippen molar-refractivity contribution < 1.29 is 0 Å². The van der Waals surface area contributed by atoms with Gasteiger partial charge in [-0.3, -0.25) is 4.90 Å². The number of likely N-dealkylation sites (tertiary alicyclic amines) is 1. The Bertz CT molecular complexity index is 191. The first-order chi connectivity index (χ1) is 7.31. The molecule has 1 saturated heterocycles. The number of hydrogen-bond donors (Lipinski definition) is 1. The molecule has 2 heteroatoms. The Balaban J connectivity index is 1.91. The second-order valence-corrected chi connectivity index (χ2v) is 5.59. The minimum atomic E-state index is 0.672. The summed E-state index contributed by atoms with van der Waals surface area (Å²) in [6.45, 7) is 5.68. The van der Waals surface area contributed by atoms with Crippen LogP contribution in [0.25, 0.3) is 0 Å². The van der Waals surface area contributed by atoms with E-state index in [9.17, 15) is 0 Å². The predicted molar refractivity (Wildman–Crippen MR) is 64.8 cm³/mol. The molecule has 1 saturated carbocycles. The summed E-state index contributed by atoms with van der Waals surface area (Å²) in [5, 5.41) is 0. The molecule has 0 spiro atoms. The lowest BCUT2D eigenvalue weighted by molar-refractivity contribution is 0.0509. The number of nitrogens with zero attached hydrogens (tertiary/aromatic N) is 1. The number of nitrogens with two attached hydrogens (primary N) is 1. The van der Waals surface area contributed by atoms with E-state index in [1.54, 1.807) is 0 Å². The topological polar surface area (TPSA) is 29.3 Å². The van der Waals surface area contributed by atoms with Gasteiger partial charge in [0.1, 0.15) is 0 Å². The van der Waals surface area contributed by atoms with Gasteiger partial charge in [-0.15, -0.1) is 0 Å². The van der Waals surface area contributed by atoms with Crippen LogP contribution in [-0.2, 0) is 0 Å². The Hall–Kier alpha value is -0.0800. The number of rotatable bonds is 3. The molecule has 1 aliphatic heterocycles. The lowest BCUT2D eigenvalue weighted by Crippen LogP contribution is -2.48. The zero-order chi connectivity index (χ0) is 10.7. The highest BCUT2D eigenvalue weighted by Crippen LogP contribution is 2.35. The van der Waals surface area contributed by atoms with E-state index in [0.717, 1.165) is 18.5 Å². The van der Waals surface area contributed by atoms with Gasteiger partial charge in [-0.1, -0.05) is 19.8 Å². The summed E-state index contributed by atoms with van der Waals surface area (Å²) >= 11 is 0. The van der Waals surface area contributed by atoms with Crippen LogP contribution in [0.2, 0.25) is 0 Å². The van der Waals surface area contributed by atoms with Crippen LogP contribution in [0, 0.1) is 11.8 Å². The first-order valence-electron chi connectivity index (χ1n) is 6.75. The number of fused-ring (bicyclic) bond motifs is 1. The van der Waals surface area contributed by atoms with Gasteiger partial charge >= 0.3 is 0 Å². The molecule has 3 atom stereocenters. The van der Waals surface area contributed by atoms with Crippen LogP contribution >= 0.6 is 0 Å². The van der Waals surface area contributed by atoms with E-state index >= 15 is 0 Å².